The van der Waals surface area contributed by atoms with Crippen LogP contribution in [0.15, 0.2) is 48.8 Å². The number of hydrogen-bond acceptors (Lipinski definition) is 9. The van der Waals surface area contributed by atoms with Crippen LogP contribution in [0.2, 0.25) is 0 Å². The van der Waals surface area contributed by atoms with Gasteiger partial charge in [0, 0.05) is 12.4 Å². The summed E-state index contributed by atoms with van der Waals surface area (Å²) in [7, 11) is 0. The number of ether oxygens (including phenoxy) is 2. The minimum absolute atomic E-state index is 0.0333. The first kappa shape index (κ1) is 22.9. The second kappa shape index (κ2) is 11.6. The summed E-state index contributed by atoms with van der Waals surface area (Å²) in [6, 6.07) is 11.0. The molecule has 0 radical (unpaired) electrons. The lowest BCUT2D eigenvalue weighted by Crippen LogP contribution is -2.13. The minimum Gasteiger partial charge on any atom is -0.434 e. The van der Waals surface area contributed by atoms with Crippen molar-refractivity contribution in [1.29, 1.82) is 0 Å². The van der Waals surface area contributed by atoms with Crippen molar-refractivity contribution in [2.45, 2.75) is 25.9 Å². The fourth-order valence-corrected chi connectivity index (χ4v) is 3.70. The van der Waals surface area contributed by atoms with E-state index in [9.17, 15) is 19.7 Å². The van der Waals surface area contributed by atoms with E-state index in [2.05, 4.69) is 15.1 Å². The molecule has 11 heteroatoms. The van der Waals surface area contributed by atoms with E-state index in [1.807, 2.05) is 12.1 Å². The highest BCUT2D eigenvalue weighted by Crippen LogP contribution is 2.28. The largest absolute Gasteiger partial charge is 0.508 e. The van der Waals surface area contributed by atoms with Crippen LogP contribution in [-0.2, 0) is 32.1 Å². The van der Waals surface area contributed by atoms with Gasteiger partial charge < -0.3 is 19.6 Å². The smallest absolute Gasteiger partial charge is 0.434 e. The van der Waals surface area contributed by atoms with Gasteiger partial charge in [0.15, 0.2) is 0 Å². The third-order valence-corrected chi connectivity index (χ3v) is 5.29. The molecule has 2 heterocycles. The summed E-state index contributed by atoms with van der Waals surface area (Å²) in [5.41, 5.74) is 1.58. The molecule has 0 aliphatic rings. The molecule has 1 aromatic carbocycles. The van der Waals surface area contributed by atoms with Crippen LogP contribution in [-0.4, -0.2) is 35.3 Å². The molecular formula is C21H21N3O7S. The Kier molecular flexibility index (Phi) is 8.32. The van der Waals surface area contributed by atoms with E-state index in [0.29, 0.717) is 12.8 Å². The molecule has 1 N–H and O–H groups in total. The minimum atomic E-state index is -0.865. The Morgan fingerprint density at radius 3 is 2.56 bits per heavy atom. The van der Waals surface area contributed by atoms with E-state index in [0.717, 1.165) is 26.2 Å². The molecule has 0 aliphatic heterocycles. The third-order valence-electron chi connectivity index (χ3n) is 4.29. The highest BCUT2D eigenvalue weighted by Gasteiger charge is 2.09. The molecule has 0 aliphatic carbocycles. The number of benzene rings is 1. The number of pyridine rings is 1. The number of amides is 1. The molecule has 0 bridgehead atoms. The number of nitrogens with zero attached hydrogens (tertiary/aromatic N) is 2. The van der Waals surface area contributed by atoms with Gasteiger partial charge in [-0.25, -0.2) is 4.79 Å². The molecule has 0 saturated carbocycles. The standard InChI is InChI=1S/C21H21N3O7S/c25-19(23-20-12-17-7-8-22-13-18(17)32-20)11-15-3-5-16(6-4-15)14-30-21(26)29-9-1-2-10-31-24(27)28/h3-8,12-13H,1-2,9-11,14H2,(H,23,25). The van der Waals surface area contributed by atoms with Gasteiger partial charge in [0.05, 0.1) is 29.3 Å². The van der Waals surface area contributed by atoms with Crippen LogP contribution < -0.4 is 5.32 Å². The zero-order valence-corrected chi connectivity index (χ0v) is 17.8. The summed E-state index contributed by atoms with van der Waals surface area (Å²) in [6.45, 7) is 0.0766. The Hall–Kier alpha value is -3.73. The second-order valence-electron chi connectivity index (χ2n) is 6.72. The Morgan fingerprint density at radius 2 is 1.81 bits per heavy atom. The number of rotatable bonds is 11. The van der Waals surface area contributed by atoms with Gasteiger partial charge in [-0.05, 0) is 41.5 Å². The quantitative estimate of drug-likeness (QED) is 0.196. The lowest BCUT2D eigenvalue weighted by molar-refractivity contribution is -0.757. The fourth-order valence-electron chi connectivity index (χ4n) is 2.75. The van der Waals surface area contributed by atoms with Gasteiger partial charge in [-0.3, -0.25) is 9.78 Å². The number of anilines is 1. The SMILES string of the molecule is O=C(Cc1ccc(COC(=O)OCCCCO[N+](=O)[O-])cc1)Nc1cc2ccncc2s1. The van der Waals surface area contributed by atoms with Gasteiger partial charge in [0.2, 0.25) is 5.91 Å². The zero-order chi connectivity index (χ0) is 22.8. The average molecular weight is 459 g/mol. The van der Waals surface area contributed by atoms with Gasteiger partial charge in [-0.15, -0.1) is 21.5 Å². The summed E-state index contributed by atoms with van der Waals surface area (Å²) < 4.78 is 10.9. The average Bonchev–Trinajstić information content (AvgIpc) is 3.17. The van der Waals surface area contributed by atoms with E-state index >= 15 is 0 Å². The Labute approximate surface area is 187 Å². The van der Waals surface area contributed by atoms with E-state index in [1.54, 1.807) is 36.7 Å². The summed E-state index contributed by atoms with van der Waals surface area (Å²) in [5.74, 6) is -0.124. The maximum atomic E-state index is 12.3. The maximum Gasteiger partial charge on any atom is 0.508 e. The molecule has 10 nitrogen and oxygen atoms in total. The summed E-state index contributed by atoms with van der Waals surface area (Å²) in [6.07, 6.45) is 3.70. The van der Waals surface area contributed by atoms with Crippen molar-refractivity contribution in [2.75, 3.05) is 18.5 Å². The van der Waals surface area contributed by atoms with Crippen LogP contribution in [0.5, 0.6) is 0 Å². The molecule has 0 unspecified atom stereocenters. The van der Waals surface area contributed by atoms with Crippen molar-refractivity contribution >= 4 is 38.5 Å². The molecule has 0 spiro atoms. The number of nitrogens with one attached hydrogen (secondary N) is 1. The number of carbonyl (C=O) groups is 2. The van der Waals surface area contributed by atoms with Gasteiger partial charge in [-0.1, -0.05) is 24.3 Å². The second-order valence-corrected chi connectivity index (χ2v) is 7.80. The Bertz CT molecular complexity index is 1040. The van der Waals surface area contributed by atoms with Crippen LogP contribution in [0.25, 0.3) is 10.1 Å². The van der Waals surface area contributed by atoms with Crippen molar-refractivity contribution in [3.05, 3.63) is 70.0 Å². The number of thiophene rings is 1. The Morgan fingerprint density at radius 1 is 1.06 bits per heavy atom. The first-order chi connectivity index (χ1) is 15.5. The first-order valence-electron chi connectivity index (χ1n) is 9.77. The van der Waals surface area contributed by atoms with Gasteiger partial charge in [-0.2, -0.15) is 0 Å². The van der Waals surface area contributed by atoms with Crippen molar-refractivity contribution in [2.24, 2.45) is 0 Å². The number of hydrogen-bond donors (Lipinski definition) is 1. The third kappa shape index (κ3) is 7.51. The number of aromatic nitrogens is 1. The van der Waals surface area contributed by atoms with Crippen molar-refractivity contribution < 1.29 is 29.0 Å². The number of unbranched alkanes of at least 4 members (excludes halogenated alkanes) is 1. The lowest BCUT2D eigenvalue weighted by atomic mass is 10.1. The van der Waals surface area contributed by atoms with Crippen LogP contribution >= 0.6 is 11.3 Å². The Balaban J connectivity index is 1.35. The van der Waals surface area contributed by atoms with E-state index in [-0.39, 0.29) is 32.1 Å². The summed E-state index contributed by atoms with van der Waals surface area (Å²) >= 11 is 1.47. The predicted octanol–water partition coefficient (Wildman–Crippen LogP) is 4.12. The number of carbonyl (C=O) groups excluding carboxylic acids is 2. The molecule has 1 amide bonds. The van der Waals surface area contributed by atoms with Crippen molar-refractivity contribution in [1.82, 2.24) is 4.98 Å². The molecular weight excluding hydrogens is 438 g/mol. The van der Waals surface area contributed by atoms with Gasteiger partial charge >= 0.3 is 6.16 Å². The molecule has 0 atom stereocenters. The molecule has 3 aromatic rings. The van der Waals surface area contributed by atoms with Crippen molar-refractivity contribution in [3.63, 3.8) is 0 Å². The molecule has 32 heavy (non-hydrogen) atoms. The number of fused-ring (bicyclic) bond motifs is 1. The highest BCUT2D eigenvalue weighted by molar-refractivity contribution is 7.22. The summed E-state index contributed by atoms with van der Waals surface area (Å²) in [5, 5.41) is 13.8. The lowest BCUT2D eigenvalue weighted by Gasteiger charge is -2.07. The molecule has 168 valence electrons. The molecule has 0 saturated heterocycles. The maximum absolute atomic E-state index is 12.3. The van der Waals surface area contributed by atoms with E-state index in [4.69, 9.17) is 9.47 Å². The van der Waals surface area contributed by atoms with Crippen LogP contribution in [0.4, 0.5) is 9.80 Å². The molecule has 2 aromatic heterocycles. The van der Waals surface area contributed by atoms with Gasteiger partial charge in [0.25, 0.3) is 5.09 Å². The first-order valence-corrected chi connectivity index (χ1v) is 10.6. The molecule has 0 fully saturated rings. The summed E-state index contributed by atoms with van der Waals surface area (Å²) in [4.78, 5) is 42.1. The van der Waals surface area contributed by atoms with Gasteiger partial charge in [0.1, 0.15) is 6.61 Å². The monoisotopic (exact) mass is 459 g/mol. The normalized spacial score (nSPS) is 10.5. The van der Waals surface area contributed by atoms with Crippen LogP contribution in [0.1, 0.15) is 24.0 Å². The van der Waals surface area contributed by atoms with E-state index < -0.39 is 11.2 Å². The van der Waals surface area contributed by atoms with Crippen LogP contribution in [0, 0.1) is 10.1 Å². The van der Waals surface area contributed by atoms with E-state index in [1.165, 1.54) is 11.3 Å². The zero-order valence-electron chi connectivity index (χ0n) is 17.0. The van der Waals surface area contributed by atoms with Crippen LogP contribution in [0.3, 0.4) is 0 Å². The topological polar surface area (TPSA) is 130 Å². The predicted molar refractivity (Wildman–Crippen MR) is 117 cm³/mol. The van der Waals surface area contributed by atoms with Crippen molar-refractivity contribution in [3.8, 4) is 0 Å². The molecule has 3 rings (SSSR count). The highest BCUT2D eigenvalue weighted by atomic mass is 32.1. The fraction of sp³-hybridized carbons (Fsp3) is 0.286.